The third-order valence-corrected chi connectivity index (χ3v) is 3.02. The summed E-state index contributed by atoms with van der Waals surface area (Å²) in [6.45, 7) is 0.501. The van der Waals surface area contributed by atoms with E-state index in [9.17, 15) is 0 Å². The van der Waals surface area contributed by atoms with Crippen LogP contribution in [0.3, 0.4) is 0 Å². The number of hydrogen-bond donors (Lipinski definition) is 1. The fourth-order valence-corrected chi connectivity index (χ4v) is 1.96. The van der Waals surface area contributed by atoms with Crippen molar-refractivity contribution < 1.29 is 9.15 Å². The van der Waals surface area contributed by atoms with Gasteiger partial charge >= 0.3 is 0 Å². The summed E-state index contributed by atoms with van der Waals surface area (Å²) < 4.78 is 10.9. The van der Waals surface area contributed by atoms with Crippen molar-refractivity contribution in [2.75, 3.05) is 7.11 Å². The van der Waals surface area contributed by atoms with Crippen molar-refractivity contribution in [2.45, 2.75) is 6.54 Å². The number of rotatable bonds is 3. The molecule has 1 aromatic heterocycles. The highest BCUT2D eigenvalue weighted by molar-refractivity contribution is 5.77. The first-order valence-corrected chi connectivity index (χ1v) is 6.04. The number of benzene rings is 2. The average molecular weight is 254 g/mol. The van der Waals surface area contributed by atoms with Gasteiger partial charge in [0.05, 0.1) is 7.11 Å². The molecule has 19 heavy (non-hydrogen) atoms. The molecule has 0 fully saturated rings. The Balaban J connectivity index is 2.04. The smallest absolute Gasteiger partial charge is 0.227 e. The molecule has 2 N–H and O–H groups in total. The second-order valence-corrected chi connectivity index (χ2v) is 4.25. The lowest BCUT2D eigenvalue weighted by atomic mass is 10.2. The molecule has 0 amide bonds. The molecule has 4 heteroatoms. The summed E-state index contributed by atoms with van der Waals surface area (Å²) >= 11 is 0. The van der Waals surface area contributed by atoms with E-state index in [1.54, 1.807) is 7.11 Å². The van der Waals surface area contributed by atoms with Gasteiger partial charge < -0.3 is 14.9 Å². The molecule has 4 nitrogen and oxygen atoms in total. The predicted octanol–water partition coefficient (Wildman–Crippen LogP) is 2.96. The van der Waals surface area contributed by atoms with Gasteiger partial charge in [-0.05, 0) is 42.0 Å². The number of methoxy groups -OCH3 is 1. The minimum atomic E-state index is 0.501. The van der Waals surface area contributed by atoms with Crippen molar-refractivity contribution in [1.29, 1.82) is 0 Å². The lowest BCUT2D eigenvalue weighted by Crippen LogP contribution is -1.94. The number of nitrogens with two attached hydrogens (primary N) is 1. The van der Waals surface area contributed by atoms with Crippen LogP contribution in [0.25, 0.3) is 22.6 Å². The van der Waals surface area contributed by atoms with Gasteiger partial charge in [0.15, 0.2) is 5.58 Å². The minimum Gasteiger partial charge on any atom is -0.497 e. The number of fused-ring (bicyclic) bond motifs is 1. The molecule has 0 unspecified atom stereocenters. The van der Waals surface area contributed by atoms with E-state index in [4.69, 9.17) is 14.9 Å². The quantitative estimate of drug-likeness (QED) is 0.780. The minimum absolute atomic E-state index is 0.501. The maximum atomic E-state index is 5.73. The van der Waals surface area contributed by atoms with Crippen molar-refractivity contribution in [3.8, 4) is 17.2 Å². The zero-order valence-electron chi connectivity index (χ0n) is 10.6. The van der Waals surface area contributed by atoms with E-state index in [1.165, 1.54) is 0 Å². The molecule has 0 saturated heterocycles. The number of aromatic nitrogens is 1. The summed E-state index contributed by atoms with van der Waals surface area (Å²) in [4.78, 5) is 4.48. The van der Waals surface area contributed by atoms with Gasteiger partial charge in [0.1, 0.15) is 11.3 Å². The fourth-order valence-electron chi connectivity index (χ4n) is 1.96. The largest absolute Gasteiger partial charge is 0.497 e. The highest BCUT2D eigenvalue weighted by Gasteiger charge is 2.08. The molecule has 1 heterocycles. The van der Waals surface area contributed by atoms with Crippen molar-refractivity contribution >= 4 is 11.1 Å². The molecule has 0 aliphatic carbocycles. The van der Waals surface area contributed by atoms with E-state index in [2.05, 4.69) is 4.98 Å². The Morgan fingerprint density at radius 1 is 1.16 bits per heavy atom. The van der Waals surface area contributed by atoms with Crippen LogP contribution >= 0.6 is 0 Å². The molecular weight excluding hydrogens is 240 g/mol. The molecule has 0 saturated carbocycles. The molecule has 0 atom stereocenters. The first kappa shape index (κ1) is 11.7. The first-order chi connectivity index (χ1) is 9.30. The van der Waals surface area contributed by atoms with Crippen LogP contribution in [0.5, 0.6) is 5.75 Å². The summed E-state index contributed by atoms with van der Waals surface area (Å²) in [5.41, 5.74) is 9.18. The standard InChI is InChI=1S/C15H14N2O2/c1-18-12-5-3-11(4-6-12)15-17-13-8-10(9-16)2-7-14(13)19-15/h2-8H,9,16H2,1H3. The van der Waals surface area contributed by atoms with Crippen LogP contribution in [0, 0.1) is 0 Å². The Labute approximate surface area is 110 Å². The second-order valence-electron chi connectivity index (χ2n) is 4.25. The van der Waals surface area contributed by atoms with Crippen molar-refractivity contribution in [1.82, 2.24) is 4.98 Å². The van der Waals surface area contributed by atoms with E-state index < -0.39 is 0 Å². The summed E-state index contributed by atoms with van der Waals surface area (Å²) in [6, 6.07) is 13.4. The highest BCUT2D eigenvalue weighted by Crippen LogP contribution is 2.26. The Hall–Kier alpha value is -2.33. The van der Waals surface area contributed by atoms with Gasteiger partial charge in [0.25, 0.3) is 0 Å². The molecule has 0 aliphatic rings. The zero-order valence-corrected chi connectivity index (χ0v) is 10.6. The maximum absolute atomic E-state index is 5.73. The highest BCUT2D eigenvalue weighted by atomic mass is 16.5. The van der Waals surface area contributed by atoms with Crippen LogP contribution < -0.4 is 10.5 Å². The third-order valence-electron chi connectivity index (χ3n) is 3.02. The van der Waals surface area contributed by atoms with Gasteiger partial charge in [-0.25, -0.2) is 4.98 Å². The van der Waals surface area contributed by atoms with E-state index in [1.807, 2.05) is 42.5 Å². The molecular formula is C15H14N2O2. The molecule has 3 aromatic rings. The Morgan fingerprint density at radius 3 is 2.63 bits per heavy atom. The summed E-state index contributed by atoms with van der Waals surface area (Å²) in [6.07, 6.45) is 0. The van der Waals surface area contributed by atoms with Crippen LogP contribution in [0.4, 0.5) is 0 Å². The SMILES string of the molecule is COc1ccc(-c2nc3cc(CN)ccc3o2)cc1. The maximum Gasteiger partial charge on any atom is 0.227 e. The average Bonchev–Trinajstić information content (AvgIpc) is 2.90. The van der Waals surface area contributed by atoms with Crippen molar-refractivity contribution in [3.63, 3.8) is 0 Å². The summed E-state index contributed by atoms with van der Waals surface area (Å²) in [5.74, 6) is 1.41. The molecule has 3 rings (SSSR count). The normalized spacial score (nSPS) is 10.8. The van der Waals surface area contributed by atoms with E-state index in [-0.39, 0.29) is 0 Å². The van der Waals surface area contributed by atoms with Gasteiger partial charge in [-0.1, -0.05) is 6.07 Å². The predicted molar refractivity (Wildman–Crippen MR) is 73.9 cm³/mol. The monoisotopic (exact) mass is 254 g/mol. The fraction of sp³-hybridized carbons (Fsp3) is 0.133. The molecule has 2 aromatic carbocycles. The molecule has 96 valence electrons. The summed E-state index contributed by atoms with van der Waals surface area (Å²) in [7, 11) is 1.64. The van der Waals surface area contributed by atoms with Gasteiger partial charge in [-0.3, -0.25) is 0 Å². The van der Waals surface area contributed by atoms with Gasteiger partial charge in [-0.2, -0.15) is 0 Å². The van der Waals surface area contributed by atoms with Gasteiger partial charge in [0, 0.05) is 12.1 Å². The Kier molecular flexibility index (Phi) is 2.93. The molecule has 0 bridgehead atoms. The van der Waals surface area contributed by atoms with Gasteiger partial charge in [0.2, 0.25) is 5.89 Å². The van der Waals surface area contributed by atoms with Crippen LogP contribution in [0.15, 0.2) is 46.9 Å². The molecule has 0 spiro atoms. The topological polar surface area (TPSA) is 61.3 Å². The summed E-state index contributed by atoms with van der Waals surface area (Å²) in [5, 5.41) is 0. The lowest BCUT2D eigenvalue weighted by molar-refractivity contribution is 0.415. The molecule has 0 aliphatic heterocycles. The van der Waals surface area contributed by atoms with Crippen LogP contribution in [-0.4, -0.2) is 12.1 Å². The number of hydrogen-bond acceptors (Lipinski definition) is 4. The van der Waals surface area contributed by atoms with E-state index >= 15 is 0 Å². The Bertz CT molecular complexity index is 702. The molecule has 0 radical (unpaired) electrons. The van der Waals surface area contributed by atoms with Crippen LogP contribution in [0.1, 0.15) is 5.56 Å². The van der Waals surface area contributed by atoms with Crippen molar-refractivity contribution in [2.24, 2.45) is 5.73 Å². The third kappa shape index (κ3) is 2.18. The first-order valence-electron chi connectivity index (χ1n) is 6.04. The van der Waals surface area contributed by atoms with Crippen LogP contribution in [-0.2, 0) is 6.54 Å². The lowest BCUT2D eigenvalue weighted by Gasteiger charge is -1.99. The van der Waals surface area contributed by atoms with Crippen LogP contribution in [0.2, 0.25) is 0 Å². The number of oxazole rings is 1. The zero-order chi connectivity index (χ0) is 13.2. The Morgan fingerprint density at radius 2 is 1.95 bits per heavy atom. The second kappa shape index (κ2) is 4.74. The van der Waals surface area contributed by atoms with Gasteiger partial charge in [-0.15, -0.1) is 0 Å². The number of nitrogens with zero attached hydrogens (tertiary/aromatic N) is 1. The van der Waals surface area contributed by atoms with Crippen molar-refractivity contribution in [3.05, 3.63) is 48.0 Å². The van der Waals surface area contributed by atoms with E-state index in [0.717, 1.165) is 28.0 Å². The van der Waals surface area contributed by atoms with E-state index in [0.29, 0.717) is 12.4 Å². The number of ether oxygens (including phenoxy) is 1.